The van der Waals surface area contributed by atoms with Crippen LogP contribution in [-0.2, 0) is 47.7 Å². The zero-order valence-electron chi connectivity index (χ0n) is 17.9. The highest BCUT2D eigenvalue weighted by molar-refractivity contribution is 5.78. The minimum absolute atomic E-state index is 0.101. The van der Waals surface area contributed by atoms with E-state index in [-0.39, 0.29) is 65.0 Å². The number of carbonyl (C=O) groups excluding carboxylic acids is 4. The van der Waals surface area contributed by atoms with Crippen molar-refractivity contribution in [3.8, 4) is 0 Å². The Balaban J connectivity index is 3.53. The highest BCUT2D eigenvalue weighted by atomic mass is 16.5. The fraction of sp³-hybridized carbons (Fsp3) is 0.700. The second-order valence-electron chi connectivity index (χ2n) is 6.58. The first-order valence-corrected chi connectivity index (χ1v) is 10.3. The molecule has 2 N–H and O–H groups in total. The van der Waals surface area contributed by atoms with Crippen LogP contribution in [0.1, 0.15) is 64.2 Å². The van der Waals surface area contributed by atoms with Crippen LogP contribution >= 0.6 is 0 Å². The van der Waals surface area contributed by atoms with Crippen molar-refractivity contribution in [3.63, 3.8) is 0 Å². The van der Waals surface area contributed by atoms with Gasteiger partial charge in [0.05, 0.1) is 65.0 Å². The van der Waals surface area contributed by atoms with Crippen molar-refractivity contribution in [1.82, 2.24) is 0 Å². The van der Waals surface area contributed by atoms with Gasteiger partial charge < -0.3 is 29.2 Å². The lowest BCUT2D eigenvalue weighted by Crippen LogP contribution is -2.13. The predicted octanol–water partition coefficient (Wildman–Crippen LogP) is 1.23. The monoisotopic (exact) mass is 462 g/mol. The molecule has 0 atom stereocenters. The van der Waals surface area contributed by atoms with Crippen LogP contribution in [0.25, 0.3) is 0 Å². The molecule has 32 heavy (non-hydrogen) atoms. The first-order valence-electron chi connectivity index (χ1n) is 10.3. The van der Waals surface area contributed by atoms with E-state index >= 15 is 0 Å². The number of unbranched alkanes of at least 4 members (excludes halogenated alkanes) is 2. The standard InChI is InChI=1S/C20H30O12/c21-15(22)5-7-17(25)29-11-1-3-13-31-19(27)9-10-20(28)32-14-4-2-12-30-18(26)8-6-16(23)24/h1-14H2,(H,21,22)(H,23,24). The van der Waals surface area contributed by atoms with Crippen molar-refractivity contribution >= 4 is 35.8 Å². The van der Waals surface area contributed by atoms with Crippen LogP contribution in [-0.4, -0.2) is 72.5 Å². The number of aliphatic carboxylic acids is 2. The van der Waals surface area contributed by atoms with Gasteiger partial charge in [-0.15, -0.1) is 0 Å². The van der Waals surface area contributed by atoms with E-state index in [2.05, 4.69) is 0 Å². The summed E-state index contributed by atoms with van der Waals surface area (Å²) in [6.07, 6.45) is 0.562. The summed E-state index contributed by atoms with van der Waals surface area (Å²) in [5.41, 5.74) is 0. The Morgan fingerprint density at radius 2 is 0.625 bits per heavy atom. The van der Waals surface area contributed by atoms with Crippen LogP contribution in [0.5, 0.6) is 0 Å². The largest absolute Gasteiger partial charge is 0.481 e. The number of carboxylic acid groups (broad SMARTS) is 2. The summed E-state index contributed by atoms with van der Waals surface area (Å²) in [6.45, 7) is 0.408. The summed E-state index contributed by atoms with van der Waals surface area (Å²) in [6, 6.07) is 0. The van der Waals surface area contributed by atoms with E-state index in [0.29, 0.717) is 25.7 Å². The summed E-state index contributed by atoms with van der Waals surface area (Å²) >= 11 is 0. The maximum atomic E-state index is 11.6. The molecule has 0 rings (SSSR count). The van der Waals surface area contributed by atoms with Gasteiger partial charge in [0, 0.05) is 0 Å². The Morgan fingerprint density at radius 3 is 0.844 bits per heavy atom. The number of carbonyl (C=O) groups is 6. The average Bonchev–Trinajstić information content (AvgIpc) is 2.74. The number of hydrogen-bond donors (Lipinski definition) is 2. The van der Waals surface area contributed by atoms with Crippen molar-refractivity contribution in [2.75, 3.05) is 26.4 Å². The van der Waals surface area contributed by atoms with E-state index in [9.17, 15) is 28.8 Å². The molecule has 0 saturated carbocycles. The van der Waals surface area contributed by atoms with Gasteiger partial charge in [0.1, 0.15) is 0 Å². The topological polar surface area (TPSA) is 180 Å². The molecule has 0 aliphatic carbocycles. The van der Waals surface area contributed by atoms with Gasteiger partial charge in [-0.05, 0) is 25.7 Å². The van der Waals surface area contributed by atoms with Crippen molar-refractivity contribution in [2.24, 2.45) is 0 Å². The third-order valence-electron chi connectivity index (χ3n) is 3.75. The Labute approximate surface area is 185 Å². The first kappa shape index (κ1) is 28.8. The van der Waals surface area contributed by atoms with Gasteiger partial charge in [0.25, 0.3) is 0 Å². The molecule has 12 nitrogen and oxygen atoms in total. The minimum Gasteiger partial charge on any atom is -0.481 e. The molecule has 0 bridgehead atoms. The van der Waals surface area contributed by atoms with Crippen molar-refractivity contribution in [1.29, 1.82) is 0 Å². The third-order valence-corrected chi connectivity index (χ3v) is 3.75. The molecule has 182 valence electrons. The number of rotatable bonds is 19. The Morgan fingerprint density at radius 1 is 0.406 bits per heavy atom. The fourth-order valence-electron chi connectivity index (χ4n) is 2.06. The van der Waals surface area contributed by atoms with E-state index in [1.807, 2.05) is 0 Å². The molecule has 0 fully saturated rings. The third kappa shape index (κ3) is 20.1. The molecule has 0 heterocycles. The van der Waals surface area contributed by atoms with Crippen LogP contribution in [0.2, 0.25) is 0 Å². The highest BCUT2D eigenvalue weighted by Gasteiger charge is 2.10. The van der Waals surface area contributed by atoms with E-state index in [4.69, 9.17) is 29.2 Å². The smallest absolute Gasteiger partial charge is 0.306 e. The molecule has 0 radical (unpaired) electrons. The lowest BCUT2D eigenvalue weighted by atomic mass is 10.3. The SMILES string of the molecule is O=C(O)CCC(=O)OCCCCOC(=O)CCC(=O)OCCCCOC(=O)CCC(=O)O. The van der Waals surface area contributed by atoms with Crippen molar-refractivity contribution < 1.29 is 57.9 Å². The maximum Gasteiger partial charge on any atom is 0.306 e. The van der Waals surface area contributed by atoms with E-state index in [0.717, 1.165) is 0 Å². The van der Waals surface area contributed by atoms with Gasteiger partial charge in [-0.2, -0.15) is 0 Å². The molecule has 0 aromatic heterocycles. The summed E-state index contributed by atoms with van der Waals surface area (Å²) in [5, 5.41) is 16.9. The molecular weight excluding hydrogens is 432 g/mol. The second-order valence-corrected chi connectivity index (χ2v) is 6.58. The number of esters is 4. The molecule has 0 amide bonds. The second kappa shape index (κ2) is 18.6. The van der Waals surface area contributed by atoms with E-state index in [1.165, 1.54) is 0 Å². The average molecular weight is 462 g/mol. The normalized spacial score (nSPS) is 10.1. The van der Waals surface area contributed by atoms with Crippen LogP contribution in [0.3, 0.4) is 0 Å². The lowest BCUT2D eigenvalue weighted by Gasteiger charge is -2.07. The summed E-state index contributed by atoms with van der Waals surface area (Å²) in [5.74, 6) is -4.47. The molecule has 0 unspecified atom stereocenters. The highest BCUT2D eigenvalue weighted by Crippen LogP contribution is 2.01. The number of ether oxygens (including phenoxy) is 4. The molecule has 0 aromatic carbocycles. The molecule has 0 aromatic rings. The first-order chi connectivity index (χ1) is 15.2. The zero-order valence-corrected chi connectivity index (χ0v) is 17.9. The quantitative estimate of drug-likeness (QED) is 0.159. The van der Waals surface area contributed by atoms with E-state index in [1.54, 1.807) is 0 Å². The predicted molar refractivity (Wildman–Crippen MR) is 105 cm³/mol. The fourth-order valence-corrected chi connectivity index (χ4v) is 2.06. The minimum atomic E-state index is -1.08. The maximum absolute atomic E-state index is 11.6. The van der Waals surface area contributed by atoms with Gasteiger partial charge in [-0.25, -0.2) is 0 Å². The van der Waals surface area contributed by atoms with Crippen LogP contribution < -0.4 is 0 Å². The lowest BCUT2D eigenvalue weighted by molar-refractivity contribution is -0.151. The van der Waals surface area contributed by atoms with Gasteiger partial charge in [0.2, 0.25) is 0 Å². The summed E-state index contributed by atoms with van der Waals surface area (Å²) in [7, 11) is 0. The molecular formula is C20H30O12. The number of carboxylic acids is 2. The summed E-state index contributed by atoms with van der Waals surface area (Å²) in [4.78, 5) is 66.1. The van der Waals surface area contributed by atoms with Gasteiger partial charge in [0.15, 0.2) is 0 Å². The van der Waals surface area contributed by atoms with Crippen molar-refractivity contribution in [3.05, 3.63) is 0 Å². The molecule has 0 aliphatic heterocycles. The summed E-state index contributed by atoms with van der Waals surface area (Å²) < 4.78 is 19.5. The van der Waals surface area contributed by atoms with Gasteiger partial charge in [-0.3, -0.25) is 28.8 Å². The van der Waals surface area contributed by atoms with Crippen LogP contribution in [0.15, 0.2) is 0 Å². The Kier molecular flexibility index (Phi) is 16.7. The molecule has 0 saturated heterocycles. The van der Waals surface area contributed by atoms with Crippen LogP contribution in [0, 0.1) is 0 Å². The van der Waals surface area contributed by atoms with Gasteiger partial charge in [-0.1, -0.05) is 0 Å². The Hall–Kier alpha value is -3.18. The van der Waals surface area contributed by atoms with Gasteiger partial charge >= 0.3 is 35.8 Å². The molecule has 12 heteroatoms. The number of hydrogen-bond acceptors (Lipinski definition) is 10. The zero-order chi connectivity index (χ0) is 24.2. The van der Waals surface area contributed by atoms with Crippen molar-refractivity contribution in [2.45, 2.75) is 64.2 Å². The van der Waals surface area contributed by atoms with Crippen LogP contribution in [0.4, 0.5) is 0 Å². The molecule has 0 aliphatic rings. The van der Waals surface area contributed by atoms with E-state index < -0.39 is 35.8 Å². The Bertz CT molecular complexity index is 574. The molecule has 0 spiro atoms.